The van der Waals surface area contributed by atoms with Crippen LogP contribution in [-0.2, 0) is 19.5 Å². The average Bonchev–Trinajstić information content (AvgIpc) is 3.11. The third-order valence-corrected chi connectivity index (χ3v) is 5.40. The van der Waals surface area contributed by atoms with Crippen LogP contribution in [0.5, 0.6) is 0 Å². The van der Waals surface area contributed by atoms with Crippen molar-refractivity contribution in [3.63, 3.8) is 0 Å². The number of fused-ring (bicyclic) bond motifs is 2. The second-order valence-corrected chi connectivity index (χ2v) is 7.35. The summed E-state index contributed by atoms with van der Waals surface area (Å²) in [5, 5.41) is 1.31. The molecule has 0 atom stereocenters. The molecule has 0 aliphatic carbocycles. The summed E-state index contributed by atoms with van der Waals surface area (Å²) in [5.74, 6) is 0.822. The van der Waals surface area contributed by atoms with Crippen molar-refractivity contribution in [1.29, 1.82) is 0 Å². The van der Waals surface area contributed by atoms with E-state index < -0.39 is 0 Å². The van der Waals surface area contributed by atoms with Crippen LogP contribution in [0.3, 0.4) is 0 Å². The Morgan fingerprint density at radius 3 is 2.81 bits per heavy atom. The summed E-state index contributed by atoms with van der Waals surface area (Å²) in [4.78, 5) is 15.3. The first-order valence-electron chi connectivity index (χ1n) is 9.45. The Kier molecular flexibility index (Phi) is 3.98. The molecule has 4 nitrogen and oxygen atoms in total. The molecule has 0 radical (unpaired) electrons. The lowest BCUT2D eigenvalue weighted by molar-refractivity contribution is 0.242. The molecule has 4 heteroatoms. The van der Waals surface area contributed by atoms with Crippen molar-refractivity contribution in [2.45, 2.75) is 26.4 Å². The maximum atomic E-state index is 4.89. The van der Waals surface area contributed by atoms with Crippen molar-refractivity contribution in [3.8, 4) is 11.4 Å². The van der Waals surface area contributed by atoms with Gasteiger partial charge in [-0.25, -0.2) is 9.97 Å². The molecule has 0 spiro atoms. The number of nitrogens with one attached hydrogen (secondary N) is 1. The van der Waals surface area contributed by atoms with Gasteiger partial charge in [-0.05, 0) is 30.5 Å². The van der Waals surface area contributed by atoms with Gasteiger partial charge in [0.05, 0.1) is 5.69 Å². The van der Waals surface area contributed by atoms with Crippen LogP contribution in [0.1, 0.15) is 22.4 Å². The monoisotopic (exact) mass is 354 g/mol. The quantitative estimate of drug-likeness (QED) is 0.589. The van der Waals surface area contributed by atoms with Gasteiger partial charge >= 0.3 is 0 Å². The second kappa shape index (κ2) is 6.63. The fourth-order valence-electron chi connectivity index (χ4n) is 3.84. The minimum atomic E-state index is 0.822. The number of aromatic nitrogens is 3. The molecule has 0 fully saturated rings. The summed E-state index contributed by atoms with van der Waals surface area (Å²) in [7, 11) is 0. The SMILES string of the molecule is Cc1ccc(-c2ncc3c(n2)CN(Cc2c[nH]c4ccccc24)CC3)cc1. The van der Waals surface area contributed by atoms with Gasteiger partial charge in [0.25, 0.3) is 0 Å². The highest BCUT2D eigenvalue weighted by molar-refractivity contribution is 5.82. The summed E-state index contributed by atoms with van der Waals surface area (Å²) in [6.45, 7) is 4.95. The van der Waals surface area contributed by atoms with Gasteiger partial charge in [0.1, 0.15) is 0 Å². The first-order chi connectivity index (χ1) is 13.3. The molecule has 0 saturated carbocycles. The first-order valence-corrected chi connectivity index (χ1v) is 9.45. The van der Waals surface area contributed by atoms with Crippen LogP contribution in [0.15, 0.2) is 60.9 Å². The third-order valence-electron chi connectivity index (χ3n) is 5.40. The van der Waals surface area contributed by atoms with Gasteiger partial charge in [0.2, 0.25) is 0 Å². The van der Waals surface area contributed by atoms with Crippen molar-refractivity contribution in [1.82, 2.24) is 19.9 Å². The van der Waals surface area contributed by atoms with Crippen molar-refractivity contribution < 1.29 is 0 Å². The van der Waals surface area contributed by atoms with E-state index in [-0.39, 0.29) is 0 Å². The predicted molar refractivity (Wildman–Crippen MR) is 108 cm³/mol. The van der Waals surface area contributed by atoms with E-state index in [2.05, 4.69) is 76.5 Å². The lowest BCUT2D eigenvalue weighted by atomic mass is 10.0. The van der Waals surface area contributed by atoms with Crippen LogP contribution in [0.4, 0.5) is 0 Å². The van der Waals surface area contributed by atoms with Crippen LogP contribution >= 0.6 is 0 Å². The Balaban J connectivity index is 1.40. The number of H-pyrrole nitrogens is 1. The van der Waals surface area contributed by atoms with Crippen molar-refractivity contribution in [3.05, 3.63) is 83.3 Å². The summed E-state index contributed by atoms with van der Waals surface area (Å²) < 4.78 is 0. The number of rotatable bonds is 3. The largest absolute Gasteiger partial charge is 0.361 e. The van der Waals surface area contributed by atoms with E-state index in [9.17, 15) is 0 Å². The molecule has 0 saturated heterocycles. The molecule has 1 N–H and O–H groups in total. The molecule has 0 amide bonds. The van der Waals surface area contributed by atoms with Crippen molar-refractivity contribution in [2.24, 2.45) is 0 Å². The first kappa shape index (κ1) is 16.2. The van der Waals surface area contributed by atoms with Crippen LogP contribution < -0.4 is 0 Å². The smallest absolute Gasteiger partial charge is 0.159 e. The van der Waals surface area contributed by atoms with Crippen LogP contribution in [-0.4, -0.2) is 26.4 Å². The molecule has 0 bridgehead atoms. The number of aromatic amines is 1. The standard InChI is InChI=1S/C23H22N4/c1-16-6-8-17(9-7-16)23-25-12-18-10-11-27(15-22(18)26-23)14-19-13-24-21-5-3-2-4-20(19)21/h2-9,12-13,24H,10-11,14-15H2,1H3. The normalized spacial score (nSPS) is 14.4. The van der Waals surface area contributed by atoms with E-state index in [1.165, 1.54) is 27.6 Å². The molecule has 2 aromatic carbocycles. The highest BCUT2D eigenvalue weighted by Crippen LogP contribution is 2.24. The van der Waals surface area contributed by atoms with E-state index in [4.69, 9.17) is 4.98 Å². The van der Waals surface area contributed by atoms with E-state index in [1.807, 2.05) is 6.20 Å². The molecular weight excluding hydrogens is 332 g/mol. The van der Waals surface area contributed by atoms with Crippen LogP contribution in [0.25, 0.3) is 22.3 Å². The topological polar surface area (TPSA) is 44.8 Å². The Morgan fingerprint density at radius 2 is 1.93 bits per heavy atom. The van der Waals surface area contributed by atoms with E-state index in [0.717, 1.165) is 43.1 Å². The average molecular weight is 354 g/mol. The van der Waals surface area contributed by atoms with Crippen LogP contribution in [0.2, 0.25) is 0 Å². The lowest BCUT2D eigenvalue weighted by Crippen LogP contribution is -2.31. The van der Waals surface area contributed by atoms with E-state index >= 15 is 0 Å². The summed E-state index contributed by atoms with van der Waals surface area (Å²) in [6.07, 6.45) is 5.16. The number of aryl methyl sites for hydroxylation is 1. The Labute approximate surface area is 158 Å². The second-order valence-electron chi connectivity index (χ2n) is 7.35. The van der Waals surface area contributed by atoms with E-state index in [0.29, 0.717) is 0 Å². The highest BCUT2D eigenvalue weighted by atomic mass is 15.1. The molecular formula is C23H22N4. The van der Waals surface area contributed by atoms with Gasteiger partial charge < -0.3 is 4.98 Å². The Bertz CT molecular complexity index is 1100. The summed E-state index contributed by atoms with van der Waals surface area (Å²) in [6, 6.07) is 16.9. The van der Waals surface area contributed by atoms with E-state index in [1.54, 1.807) is 0 Å². The molecule has 27 heavy (non-hydrogen) atoms. The molecule has 3 heterocycles. The van der Waals surface area contributed by atoms with Crippen LogP contribution in [0, 0.1) is 6.92 Å². The molecule has 134 valence electrons. The van der Waals surface area contributed by atoms with Gasteiger partial charge in [-0.15, -0.1) is 0 Å². The van der Waals surface area contributed by atoms with Gasteiger partial charge in [0.15, 0.2) is 5.82 Å². The number of hydrogen-bond donors (Lipinski definition) is 1. The maximum Gasteiger partial charge on any atom is 0.159 e. The predicted octanol–water partition coefficient (Wildman–Crippen LogP) is 4.49. The molecule has 0 unspecified atom stereocenters. The summed E-state index contributed by atoms with van der Waals surface area (Å²) in [5.41, 5.74) is 7.32. The Morgan fingerprint density at radius 1 is 1.07 bits per heavy atom. The number of benzene rings is 2. The minimum absolute atomic E-state index is 0.822. The molecule has 5 rings (SSSR count). The molecule has 4 aromatic rings. The fourth-order valence-corrected chi connectivity index (χ4v) is 3.84. The zero-order chi connectivity index (χ0) is 18.2. The zero-order valence-electron chi connectivity index (χ0n) is 15.4. The van der Waals surface area contributed by atoms with Gasteiger partial charge in [0, 0.05) is 48.5 Å². The number of para-hydroxylation sites is 1. The minimum Gasteiger partial charge on any atom is -0.361 e. The molecule has 2 aromatic heterocycles. The number of nitrogens with zero attached hydrogens (tertiary/aromatic N) is 3. The maximum absolute atomic E-state index is 4.89. The number of hydrogen-bond acceptors (Lipinski definition) is 3. The van der Waals surface area contributed by atoms with Crippen molar-refractivity contribution in [2.75, 3.05) is 6.54 Å². The lowest BCUT2D eigenvalue weighted by Gasteiger charge is -2.27. The fraction of sp³-hybridized carbons (Fsp3) is 0.217. The molecule has 1 aliphatic rings. The third kappa shape index (κ3) is 3.13. The highest BCUT2D eigenvalue weighted by Gasteiger charge is 2.20. The van der Waals surface area contributed by atoms with Gasteiger partial charge in [-0.3, -0.25) is 4.90 Å². The zero-order valence-corrected chi connectivity index (χ0v) is 15.4. The molecule has 1 aliphatic heterocycles. The van der Waals surface area contributed by atoms with Gasteiger partial charge in [-0.2, -0.15) is 0 Å². The summed E-state index contributed by atoms with van der Waals surface area (Å²) >= 11 is 0. The van der Waals surface area contributed by atoms with Crippen molar-refractivity contribution >= 4 is 10.9 Å². The van der Waals surface area contributed by atoms with Gasteiger partial charge in [-0.1, -0.05) is 48.0 Å². The Hall–Kier alpha value is -2.98.